The van der Waals surface area contributed by atoms with E-state index in [1.807, 2.05) is 36.4 Å². The first-order chi connectivity index (χ1) is 10.3. The summed E-state index contributed by atoms with van der Waals surface area (Å²) < 4.78 is 0. The Morgan fingerprint density at radius 2 is 1.76 bits per heavy atom. The van der Waals surface area contributed by atoms with Crippen molar-refractivity contribution in [2.45, 2.75) is 0 Å². The van der Waals surface area contributed by atoms with Crippen LogP contribution in [0.2, 0.25) is 0 Å². The summed E-state index contributed by atoms with van der Waals surface area (Å²) in [6.45, 7) is 0. The molecule has 0 aliphatic heterocycles. The van der Waals surface area contributed by atoms with Gasteiger partial charge in [-0.05, 0) is 22.9 Å². The summed E-state index contributed by atoms with van der Waals surface area (Å²) in [6.07, 6.45) is 3.38. The molecule has 1 aromatic heterocycles. The number of benzene rings is 2. The summed E-state index contributed by atoms with van der Waals surface area (Å²) in [4.78, 5) is 4.12. The Hall–Kier alpha value is -3.01. The Kier molecular flexibility index (Phi) is 3.69. The standard InChI is InChI=1S/C17H14N4/c18-17(16-10-3-4-11-19-16)21-20-12-14-8-5-7-13-6-1-2-9-15(13)14/h1-12H,(H2,18,21). The molecule has 0 fully saturated rings. The fraction of sp³-hybridized carbons (Fsp3) is 0. The van der Waals surface area contributed by atoms with Crippen LogP contribution in [0.15, 0.2) is 77.1 Å². The number of aromatic nitrogens is 1. The van der Waals surface area contributed by atoms with Crippen molar-refractivity contribution in [1.82, 2.24) is 4.98 Å². The molecule has 0 spiro atoms. The first-order valence-electron chi connectivity index (χ1n) is 6.60. The molecular formula is C17H14N4. The zero-order valence-corrected chi connectivity index (χ0v) is 11.3. The number of nitrogens with zero attached hydrogens (tertiary/aromatic N) is 3. The maximum Gasteiger partial charge on any atom is 0.171 e. The van der Waals surface area contributed by atoms with Crippen molar-refractivity contribution in [3.63, 3.8) is 0 Å². The molecule has 3 aromatic rings. The molecule has 0 amide bonds. The van der Waals surface area contributed by atoms with E-state index >= 15 is 0 Å². The van der Waals surface area contributed by atoms with Gasteiger partial charge in [0.2, 0.25) is 0 Å². The van der Waals surface area contributed by atoms with E-state index < -0.39 is 0 Å². The molecular weight excluding hydrogens is 260 g/mol. The van der Waals surface area contributed by atoms with Crippen molar-refractivity contribution in [2.75, 3.05) is 0 Å². The average molecular weight is 274 g/mol. The van der Waals surface area contributed by atoms with E-state index in [1.54, 1.807) is 18.5 Å². The highest BCUT2D eigenvalue weighted by molar-refractivity contribution is 6.00. The summed E-state index contributed by atoms with van der Waals surface area (Å²) in [5, 5.41) is 10.4. The highest BCUT2D eigenvalue weighted by Crippen LogP contribution is 2.16. The summed E-state index contributed by atoms with van der Waals surface area (Å²) in [5.74, 6) is 0.298. The largest absolute Gasteiger partial charge is 0.380 e. The van der Waals surface area contributed by atoms with E-state index in [9.17, 15) is 0 Å². The normalized spacial score (nSPS) is 12.1. The van der Waals surface area contributed by atoms with Gasteiger partial charge in [0.25, 0.3) is 0 Å². The zero-order valence-electron chi connectivity index (χ0n) is 11.3. The lowest BCUT2D eigenvalue weighted by atomic mass is 10.1. The molecule has 3 rings (SSSR count). The Bertz CT molecular complexity index is 802. The van der Waals surface area contributed by atoms with E-state index in [0.29, 0.717) is 11.5 Å². The molecule has 102 valence electrons. The van der Waals surface area contributed by atoms with Crippen LogP contribution in [0, 0.1) is 0 Å². The predicted molar refractivity (Wildman–Crippen MR) is 86.5 cm³/mol. The van der Waals surface area contributed by atoms with Crippen molar-refractivity contribution >= 4 is 22.8 Å². The van der Waals surface area contributed by atoms with Gasteiger partial charge in [-0.15, -0.1) is 5.10 Å². The number of fused-ring (bicyclic) bond motifs is 1. The third-order valence-electron chi connectivity index (χ3n) is 3.11. The van der Waals surface area contributed by atoms with Crippen LogP contribution in [0.5, 0.6) is 0 Å². The Morgan fingerprint density at radius 1 is 0.952 bits per heavy atom. The molecule has 0 saturated heterocycles. The lowest BCUT2D eigenvalue weighted by molar-refractivity contribution is 1.20. The molecule has 21 heavy (non-hydrogen) atoms. The van der Waals surface area contributed by atoms with Crippen molar-refractivity contribution in [1.29, 1.82) is 0 Å². The maximum atomic E-state index is 5.85. The number of hydrogen-bond acceptors (Lipinski definition) is 3. The molecule has 0 atom stereocenters. The third-order valence-corrected chi connectivity index (χ3v) is 3.11. The van der Waals surface area contributed by atoms with E-state index in [0.717, 1.165) is 10.9 Å². The second-order valence-corrected chi connectivity index (χ2v) is 4.51. The number of amidine groups is 1. The molecule has 2 N–H and O–H groups in total. The molecule has 0 bridgehead atoms. The Balaban J connectivity index is 1.89. The minimum atomic E-state index is 0.298. The van der Waals surface area contributed by atoms with E-state index in [-0.39, 0.29) is 0 Å². The van der Waals surface area contributed by atoms with Crippen LogP contribution in [-0.4, -0.2) is 17.0 Å². The van der Waals surface area contributed by atoms with Gasteiger partial charge in [-0.1, -0.05) is 48.5 Å². The number of rotatable bonds is 3. The summed E-state index contributed by atoms with van der Waals surface area (Å²) in [5.41, 5.74) is 7.47. The van der Waals surface area contributed by atoms with Gasteiger partial charge in [0.1, 0.15) is 5.69 Å². The number of hydrogen-bond donors (Lipinski definition) is 1. The van der Waals surface area contributed by atoms with Gasteiger partial charge in [0.15, 0.2) is 5.84 Å². The first kappa shape index (κ1) is 13.0. The van der Waals surface area contributed by atoms with Crippen LogP contribution in [0.3, 0.4) is 0 Å². The quantitative estimate of drug-likeness (QED) is 0.453. The topological polar surface area (TPSA) is 63.6 Å². The van der Waals surface area contributed by atoms with Crippen LogP contribution in [0.4, 0.5) is 0 Å². The van der Waals surface area contributed by atoms with Gasteiger partial charge >= 0.3 is 0 Å². The van der Waals surface area contributed by atoms with Gasteiger partial charge in [-0.2, -0.15) is 5.10 Å². The van der Waals surface area contributed by atoms with Gasteiger partial charge in [-0.3, -0.25) is 4.98 Å². The SMILES string of the molecule is NC(=NN=Cc1cccc2ccccc12)c1ccccn1. The predicted octanol–water partition coefficient (Wildman–Crippen LogP) is 2.97. The smallest absolute Gasteiger partial charge is 0.171 e. The van der Waals surface area contributed by atoms with Crippen LogP contribution in [0.1, 0.15) is 11.3 Å². The van der Waals surface area contributed by atoms with Crippen LogP contribution >= 0.6 is 0 Å². The molecule has 2 aromatic carbocycles. The van der Waals surface area contributed by atoms with E-state index in [4.69, 9.17) is 5.73 Å². The van der Waals surface area contributed by atoms with Crippen molar-refractivity contribution in [2.24, 2.45) is 15.9 Å². The zero-order chi connectivity index (χ0) is 14.5. The molecule has 4 heteroatoms. The van der Waals surface area contributed by atoms with Crippen LogP contribution in [0.25, 0.3) is 10.8 Å². The fourth-order valence-electron chi connectivity index (χ4n) is 2.08. The molecule has 0 radical (unpaired) electrons. The van der Waals surface area contributed by atoms with Gasteiger partial charge in [0.05, 0.1) is 6.21 Å². The number of nitrogens with two attached hydrogens (primary N) is 1. The highest BCUT2D eigenvalue weighted by Gasteiger charge is 1.98. The minimum Gasteiger partial charge on any atom is -0.380 e. The summed E-state index contributed by atoms with van der Waals surface area (Å²) >= 11 is 0. The lowest BCUT2D eigenvalue weighted by Gasteiger charge is -2.00. The Labute approximate surface area is 122 Å². The molecule has 0 saturated carbocycles. The third kappa shape index (κ3) is 2.95. The lowest BCUT2D eigenvalue weighted by Crippen LogP contribution is -2.14. The monoisotopic (exact) mass is 274 g/mol. The summed E-state index contributed by atoms with van der Waals surface area (Å²) in [7, 11) is 0. The second kappa shape index (κ2) is 5.96. The van der Waals surface area contributed by atoms with Gasteiger partial charge in [-0.25, -0.2) is 0 Å². The van der Waals surface area contributed by atoms with Crippen molar-refractivity contribution in [3.8, 4) is 0 Å². The molecule has 4 nitrogen and oxygen atoms in total. The molecule has 0 unspecified atom stereocenters. The average Bonchev–Trinajstić information content (AvgIpc) is 2.56. The Morgan fingerprint density at radius 3 is 2.62 bits per heavy atom. The van der Waals surface area contributed by atoms with Crippen molar-refractivity contribution < 1.29 is 0 Å². The maximum absolute atomic E-state index is 5.85. The van der Waals surface area contributed by atoms with Gasteiger partial charge < -0.3 is 5.73 Å². The number of pyridine rings is 1. The highest BCUT2D eigenvalue weighted by atomic mass is 15.2. The molecule has 0 aliphatic carbocycles. The van der Waals surface area contributed by atoms with Gasteiger partial charge in [0, 0.05) is 11.8 Å². The van der Waals surface area contributed by atoms with Crippen LogP contribution in [-0.2, 0) is 0 Å². The van der Waals surface area contributed by atoms with E-state index in [1.165, 1.54) is 5.39 Å². The minimum absolute atomic E-state index is 0.298. The van der Waals surface area contributed by atoms with Crippen molar-refractivity contribution in [3.05, 3.63) is 78.1 Å². The van der Waals surface area contributed by atoms with Crippen LogP contribution < -0.4 is 5.73 Å². The fourth-order valence-corrected chi connectivity index (χ4v) is 2.08. The molecule has 1 heterocycles. The summed E-state index contributed by atoms with van der Waals surface area (Å²) in [6, 6.07) is 19.7. The van der Waals surface area contributed by atoms with E-state index in [2.05, 4.69) is 33.4 Å². The first-order valence-corrected chi connectivity index (χ1v) is 6.60. The molecule has 0 aliphatic rings. The second-order valence-electron chi connectivity index (χ2n) is 4.51.